The number of nitrogens with zero attached hydrogens (tertiary/aromatic N) is 2. The van der Waals surface area contributed by atoms with E-state index in [0.717, 1.165) is 5.69 Å². The van der Waals surface area contributed by atoms with E-state index < -0.39 is 15.4 Å². The summed E-state index contributed by atoms with van der Waals surface area (Å²) in [6, 6.07) is 0. The Bertz CT molecular complexity index is 645. The second-order valence-corrected chi connectivity index (χ2v) is 8.10. The lowest BCUT2D eigenvalue weighted by Gasteiger charge is -2.26. The first-order valence-electron chi connectivity index (χ1n) is 7.33. The fourth-order valence-corrected chi connectivity index (χ4v) is 4.27. The first kappa shape index (κ1) is 15.4. The van der Waals surface area contributed by atoms with Gasteiger partial charge in [0.2, 0.25) is 15.9 Å². The zero-order valence-electron chi connectivity index (χ0n) is 12.5. The smallest absolute Gasteiger partial charge is 0.229 e. The molecule has 22 heavy (non-hydrogen) atoms. The van der Waals surface area contributed by atoms with Crippen molar-refractivity contribution in [2.45, 2.75) is 6.42 Å². The van der Waals surface area contributed by atoms with E-state index in [1.54, 1.807) is 12.5 Å². The van der Waals surface area contributed by atoms with Crippen LogP contribution >= 0.6 is 0 Å². The van der Waals surface area contributed by atoms with Gasteiger partial charge in [0, 0.05) is 57.0 Å². The number of imidazole rings is 1. The topological polar surface area (TPSA) is 107 Å². The molecule has 0 aliphatic carbocycles. The largest absolute Gasteiger partial charge is 0.355 e. The highest BCUT2D eigenvalue weighted by atomic mass is 32.2. The molecule has 3 heterocycles. The number of amides is 1. The van der Waals surface area contributed by atoms with Crippen LogP contribution < -0.4 is 10.6 Å². The van der Waals surface area contributed by atoms with E-state index in [4.69, 9.17) is 0 Å². The molecule has 9 heteroatoms. The van der Waals surface area contributed by atoms with Gasteiger partial charge in [-0.3, -0.25) is 4.79 Å². The van der Waals surface area contributed by atoms with Crippen LogP contribution in [0.15, 0.2) is 12.5 Å². The van der Waals surface area contributed by atoms with Gasteiger partial charge in [-0.25, -0.2) is 17.7 Å². The van der Waals surface area contributed by atoms with Crippen LogP contribution in [0, 0.1) is 11.3 Å². The SMILES string of the molecule is CS(=O)(=O)N1C[C@H]2CNC[C@@]2(C(=O)NCCc2cnc[nH]2)C1. The summed E-state index contributed by atoms with van der Waals surface area (Å²) in [7, 11) is -3.26. The highest BCUT2D eigenvalue weighted by Crippen LogP contribution is 2.40. The third-order valence-electron chi connectivity index (χ3n) is 4.65. The molecule has 2 aliphatic heterocycles. The van der Waals surface area contributed by atoms with Crippen molar-refractivity contribution < 1.29 is 13.2 Å². The van der Waals surface area contributed by atoms with Gasteiger partial charge < -0.3 is 15.6 Å². The van der Waals surface area contributed by atoms with Crippen molar-refractivity contribution in [2.24, 2.45) is 11.3 Å². The van der Waals surface area contributed by atoms with Crippen molar-refractivity contribution in [3.63, 3.8) is 0 Å². The zero-order chi connectivity index (χ0) is 15.8. The predicted octanol–water partition coefficient (Wildman–Crippen LogP) is -1.45. The molecule has 1 aromatic rings. The molecule has 0 radical (unpaired) electrons. The van der Waals surface area contributed by atoms with Crippen molar-refractivity contribution in [1.82, 2.24) is 24.9 Å². The predicted molar refractivity (Wildman–Crippen MR) is 80.5 cm³/mol. The molecule has 0 unspecified atom stereocenters. The van der Waals surface area contributed by atoms with Gasteiger partial charge in [-0.05, 0) is 0 Å². The van der Waals surface area contributed by atoms with Gasteiger partial charge in [-0.1, -0.05) is 0 Å². The first-order valence-corrected chi connectivity index (χ1v) is 9.18. The Hall–Kier alpha value is -1.45. The second kappa shape index (κ2) is 5.64. The Morgan fingerprint density at radius 1 is 1.59 bits per heavy atom. The highest BCUT2D eigenvalue weighted by molar-refractivity contribution is 7.88. The van der Waals surface area contributed by atoms with Crippen LogP contribution in [-0.4, -0.2) is 67.6 Å². The molecule has 2 atom stereocenters. The molecule has 0 spiro atoms. The maximum Gasteiger partial charge on any atom is 0.229 e. The monoisotopic (exact) mass is 327 g/mol. The van der Waals surface area contributed by atoms with E-state index in [1.165, 1.54) is 10.6 Å². The number of fused-ring (bicyclic) bond motifs is 1. The lowest BCUT2D eigenvalue weighted by Crippen LogP contribution is -2.48. The summed E-state index contributed by atoms with van der Waals surface area (Å²) >= 11 is 0. The maximum absolute atomic E-state index is 12.7. The van der Waals surface area contributed by atoms with Crippen LogP contribution in [0.2, 0.25) is 0 Å². The lowest BCUT2D eigenvalue weighted by molar-refractivity contribution is -0.130. The Morgan fingerprint density at radius 2 is 2.41 bits per heavy atom. The van der Waals surface area contributed by atoms with Crippen LogP contribution in [0.1, 0.15) is 5.69 Å². The van der Waals surface area contributed by atoms with Crippen molar-refractivity contribution in [3.8, 4) is 0 Å². The summed E-state index contributed by atoms with van der Waals surface area (Å²) in [5, 5.41) is 6.17. The molecule has 3 rings (SSSR count). The molecule has 2 saturated heterocycles. The quantitative estimate of drug-likeness (QED) is 0.613. The maximum atomic E-state index is 12.7. The molecule has 2 fully saturated rings. The third kappa shape index (κ3) is 2.75. The minimum Gasteiger partial charge on any atom is -0.355 e. The lowest BCUT2D eigenvalue weighted by atomic mass is 9.80. The standard InChI is InChI=1S/C13H21N5O3S/c1-22(20,21)18-6-10-4-14-7-13(10,8-18)12(19)16-3-2-11-5-15-9-17-11/h5,9-10,14H,2-4,6-8H2,1H3,(H,15,17)(H,16,19)/t10-,13-/m1/s1. The van der Waals surface area contributed by atoms with Crippen LogP contribution in [-0.2, 0) is 21.2 Å². The van der Waals surface area contributed by atoms with Crippen LogP contribution in [0.25, 0.3) is 0 Å². The molecule has 8 nitrogen and oxygen atoms in total. The minimum atomic E-state index is -3.26. The number of hydrogen-bond donors (Lipinski definition) is 3. The van der Waals surface area contributed by atoms with E-state index in [-0.39, 0.29) is 18.4 Å². The van der Waals surface area contributed by atoms with Gasteiger partial charge in [0.1, 0.15) is 0 Å². The average molecular weight is 327 g/mol. The van der Waals surface area contributed by atoms with Gasteiger partial charge in [0.15, 0.2) is 0 Å². The second-order valence-electron chi connectivity index (χ2n) is 6.12. The van der Waals surface area contributed by atoms with E-state index in [0.29, 0.717) is 32.6 Å². The number of sulfonamides is 1. The van der Waals surface area contributed by atoms with E-state index in [2.05, 4.69) is 20.6 Å². The van der Waals surface area contributed by atoms with Crippen molar-refractivity contribution in [3.05, 3.63) is 18.2 Å². The Morgan fingerprint density at radius 3 is 3.09 bits per heavy atom. The molecular formula is C13H21N5O3S. The molecule has 122 valence electrons. The molecule has 2 aliphatic rings. The van der Waals surface area contributed by atoms with Gasteiger partial charge in [0.05, 0.1) is 18.0 Å². The summed E-state index contributed by atoms with van der Waals surface area (Å²) < 4.78 is 24.9. The molecule has 0 saturated carbocycles. The normalized spacial score (nSPS) is 28.7. The summed E-state index contributed by atoms with van der Waals surface area (Å²) in [5.74, 6) is -0.0254. The molecule has 0 bridgehead atoms. The summed E-state index contributed by atoms with van der Waals surface area (Å²) in [6.07, 6.45) is 5.21. The van der Waals surface area contributed by atoms with Gasteiger partial charge in [-0.15, -0.1) is 0 Å². The minimum absolute atomic E-state index is 0.0365. The fraction of sp³-hybridized carbons (Fsp3) is 0.692. The molecule has 1 aromatic heterocycles. The molecule has 3 N–H and O–H groups in total. The summed E-state index contributed by atoms with van der Waals surface area (Å²) in [5.41, 5.74) is 0.319. The number of aromatic amines is 1. The van der Waals surface area contributed by atoms with Crippen molar-refractivity contribution in [1.29, 1.82) is 0 Å². The zero-order valence-corrected chi connectivity index (χ0v) is 13.3. The van der Waals surface area contributed by atoms with Gasteiger partial charge >= 0.3 is 0 Å². The summed E-state index contributed by atoms with van der Waals surface area (Å²) in [6.45, 7) is 2.40. The van der Waals surface area contributed by atoms with E-state index in [1.807, 2.05) is 0 Å². The number of carbonyl (C=O) groups excluding carboxylic acids is 1. The number of hydrogen-bond acceptors (Lipinski definition) is 5. The Labute approximate surface area is 129 Å². The van der Waals surface area contributed by atoms with Gasteiger partial charge in [-0.2, -0.15) is 0 Å². The van der Waals surface area contributed by atoms with Crippen LogP contribution in [0.5, 0.6) is 0 Å². The molecular weight excluding hydrogens is 306 g/mol. The average Bonchev–Trinajstić information content (AvgIpc) is 3.12. The Kier molecular flexibility index (Phi) is 3.96. The first-order chi connectivity index (χ1) is 10.4. The highest BCUT2D eigenvalue weighted by Gasteiger charge is 2.56. The van der Waals surface area contributed by atoms with E-state index in [9.17, 15) is 13.2 Å². The molecule has 0 aromatic carbocycles. The molecule has 1 amide bonds. The number of H-pyrrole nitrogens is 1. The van der Waals surface area contributed by atoms with Crippen molar-refractivity contribution in [2.75, 3.05) is 39.0 Å². The fourth-order valence-electron chi connectivity index (χ4n) is 3.36. The van der Waals surface area contributed by atoms with Crippen LogP contribution in [0.3, 0.4) is 0 Å². The number of aromatic nitrogens is 2. The number of carbonyl (C=O) groups is 1. The summed E-state index contributed by atoms with van der Waals surface area (Å²) in [4.78, 5) is 19.6. The van der Waals surface area contributed by atoms with Gasteiger partial charge in [0.25, 0.3) is 0 Å². The Balaban J connectivity index is 1.64. The van der Waals surface area contributed by atoms with Crippen LogP contribution in [0.4, 0.5) is 0 Å². The van der Waals surface area contributed by atoms with E-state index >= 15 is 0 Å². The van der Waals surface area contributed by atoms with Crippen molar-refractivity contribution >= 4 is 15.9 Å². The number of rotatable bonds is 5. The number of nitrogens with one attached hydrogen (secondary N) is 3. The third-order valence-corrected chi connectivity index (χ3v) is 5.87.